The maximum atomic E-state index is 9.04. The summed E-state index contributed by atoms with van der Waals surface area (Å²) in [4.78, 5) is 5.76. The zero-order valence-electron chi connectivity index (χ0n) is 12.0. The van der Waals surface area contributed by atoms with Crippen LogP contribution >= 0.6 is 11.5 Å². The normalized spacial score (nSPS) is 10.9. The average molecular weight is 297 g/mol. The molecule has 0 saturated heterocycles. The van der Waals surface area contributed by atoms with E-state index in [1.165, 1.54) is 11.5 Å². The third-order valence-corrected chi connectivity index (χ3v) is 4.18. The van der Waals surface area contributed by atoms with Gasteiger partial charge in [-0.25, -0.2) is 4.98 Å². The molecule has 5 nitrogen and oxygen atoms in total. The van der Waals surface area contributed by atoms with Crippen molar-refractivity contribution in [2.45, 2.75) is 33.2 Å². The van der Waals surface area contributed by atoms with E-state index in [0.29, 0.717) is 5.56 Å². The van der Waals surface area contributed by atoms with Crippen LogP contribution in [0.4, 0.5) is 0 Å². The van der Waals surface area contributed by atoms with Crippen LogP contribution in [-0.4, -0.2) is 19.1 Å². The van der Waals surface area contributed by atoms with Crippen LogP contribution in [-0.2, 0) is 13.0 Å². The molecule has 0 amide bonds. The Balaban J connectivity index is 2.26. The molecule has 106 valence electrons. The third kappa shape index (κ3) is 2.30. The van der Waals surface area contributed by atoms with E-state index in [-0.39, 0.29) is 0 Å². The van der Waals surface area contributed by atoms with Gasteiger partial charge in [0.1, 0.15) is 4.88 Å². The van der Waals surface area contributed by atoms with Crippen LogP contribution in [0.3, 0.4) is 0 Å². The Morgan fingerprint density at radius 3 is 2.90 bits per heavy atom. The summed E-state index contributed by atoms with van der Waals surface area (Å²) in [5, 5.41) is 13.2. The molecular weight excluding hydrogens is 282 g/mol. The number of nitriles is 1. The Kier molecular flexibility index (Phi) is 3.67. The van der Waals surface area contributed by atoms with Gasteiger partial charge in [0, 0.05) is 6.54 Å². The monoisotopic (exact) mass is 297 g/mol. The lowest BCUT2D eigenvalue weighted by Gasteiger charge is -2.06. The number of hydrogen-bond donors (Lipinski definition) is 0. The molecule has 21 heavy (non-hydrogen) atoms. The van der Waals surface area contributed by atoms with Crippen molar-refractivity contribution in [2.24, 2.45) is 0 Å². The van der Waals surface area contributed by atoms with Gasteiger partial charge in [0.15, 0.2) is 5.82 Å². The first-order valence-corrected chi connectivity index (χ1v) is 7.77. The summed E-state index contributed by atoms with van der Waals surface area (Å²) >= 11 is 1.38. The maximum absolute atomic E-state index is 9.04. The van der Waals surface area contributed by atoms with Crippen molar-refractivity contribution >= 4 is 22.6 Å². The summed E-state index contributed by atoms with van der Waals surface area (Å²) in [5.74, 6) is 0.911. The van der Waals surface area contributed by atoms with Gasteiger partial charge in [-0.15, -0.1) is 5.10 Å². The zero-order chi connectivity index (χ0) is 14.8. The Morgan fingerprint density at radius 2 is 2.19 bits per heavy atom. The summed E-state index contributed by atoms with van der Waals surface area (Å²) in [6.45, 7) is 5.10. The minimum Gasteiger partial charge on any atom is -0.323 e. The van der Waals surface area contributed by atoms with Crippen LogP contribution in [0, 0.1) is 11.3 Å². The molecule has 0 fully saturated rings. The highest BCUT2D eigenvalue weighted by Crippen LogP contribution is 2.30. The van der Waals surface area contributed by atoms with E-state index in [2.05, 4.69) is 34.1 Å². The number of aryl methyl sites for hydroxylation is 2. The Morgan fingerprint density at radius 1 is 1.33 bits per heavy atom. The third-order valence-electron chi connectivity index (χ3n) is 3.42. The molecule has 0 bridgehead atoms. The lowest BCUT2D eigenvalue weighted by Crippen LogP contribution is -2.00. The largest absolute Gasteiger partial charge is 0.323 e. The summed E-state index contributed by atoms with van der Waals surface area (Å²) in [6.07, 6.45) is 1.86. The Labute approximate surface area is 127 Å². The number of fused-ring (bicyclic) bond motifs is 1. The van der Waals surface area contributed by atoms with E-state index in [0.717, 1.165) is 46.8 Å². The molecular formula is C15H15N5S. The molecule has 2 heterocycles. The SMILES string of the molecule is CCCn1c(-c2snnc2CC)nc2cc(C#N)ccc21. The van der Waals surface area contributed by atoms with Crippen molar-refractivity contribution in [3.05, 3.63) is 29.5 Å². The lowest BCUT2D eigenvalue weighted by molar-refractivity contribution is 0.704. The molecule has 0 aliphatic heterocycles. The summed E-state index contributed by atoms with van der Waals surface area (Å²) in [5.41, 5.74) is 3.52. The fourth-order valence-electron chi connectivity index (χ4n) is 2.43. The summed E-state index contributed by atoms with van der Waals surface area (Å²) in [7, 11) is 0. The highest BCUT2D eigenvalue weighted by atomic mass is 32.1. The van der Waals surface area contributed by atoms with Crippen LogP contribution in [0.2, 0.25) is 0 Å². The summed E-state index contributed by atoms with van der Waals surface area (Å²) < 4.78 is 6.26. The Bertz CT molecular complexity index is 824. The highest BCUT2D eigenvalue weighted by Gasteiger charge is 2.18. The fraction of sp³-hybridized carbons (Fsp3) is 0.333. The predicted molar refractivity (Wildman–Crippen MR) is 83.0 cm³/mol. The Hall–Kier alpha value is -2.26. The van der Waals surface area contributed by atoms with Crippen LogP contribution in [0.25, 0.3) is 21.7 Å². The lowest BCUT2D eigenvalue weighted by atomic mass is 10.2. The zero-order valence-corrected chi connectivity index (χ0v) is 12.8. The molecule has 0 aliphatic rings. The first-order valence-electron chi connectivity index (χ1n) is 7.00. The molecule has 3 rings (SSSR count). The minimum atomic E-state index is 0.633. The van der Waals surface area contributed by atoms with Crippen LogP contribution in [0.15, 0.2) is 18.2 Å². The van der Waals surface area contributed by atoms with Crippen molar-refractivity contribution < 1.29 is 0 Å². The number of hydrogen-bond acceptors (Lipinski definition) is 5. The minimum absolute atomic E-state index is 0.633. The molecule has 6 heteroatoms. The van der Waals surface area contributed by atoms with Crippen LogP contribution in [0.1, 0.15) is 31.5 Å². The topological polar surface area (TPSA) is 67.4 Å². The number of aromatic nitrogens is 4. The van der Waals surface area contributed by atoms with Crippen molar-refractivity contribution in [3.63, 3.8) is 0 Å². The first kappa shape index (κ1) is 13.7. The second-order valence-corrected chi connectivity index (χ2v) is 5.56. The van der Waals surface area contributed by atoms with Crippen molar-refractivity contribution in [2.75, 3.05) is 0 Å². The molecule has 0 atom stereocenters. The average Bonchev–Trinajstić information content (AvgIpc) is 3.11. The maximum Gasteiger partial charge on any atom is 0.154 e. The molecule has 2 aromatic heterocycles. The highest BCUT2D eigenvalue weighted by molar-refractivity contribution is 7.09. The van der Waals surface area contributed by atoms with E-state index >= 15 is 0 Å². The number of benzene rings is 1. The van der Waals surface area contributed by atoms with Gasteiger partial charge in [0.05, 0.1) is 28.4 Å². The smallest absolute Gasteiger partial charge is 0.154 e. The van der Waals surface area contributed by atoms with Gasteiger partial charge in [0.2, 0.25) is 0 Å². The van der Waals surface area contributed by atoms with E-state index in [1.54, 1.807) is 0 Å². The van der Waals surface area contributed by atoms with Crippen molar-refractivity contribution in [3.8, 4) is 16.8 Å². The van der Waals surface area contributed by atoms with Crippen molar-refractivity contribution in [1.29, 1.82) is 5.26 Å². The van der Waals surface area contributed by atoms with Crippen LogP contribution in [0.5, 0.6) is 0 Å². The van der Waals surface area contributed by atoms with Gasteiger partial charge in [-0.1, -0.05) is 18.3 Å². The molecule has 0 N–H and O–H groups in total. The van der Waals surface area contributed by atoms with Gasteiger partial charge >= 0.3 is 0 Å². The number of nitrogens with zero attached hydrogens (tertiary/aromatic N) is 5. The van der Waals surface area contributed by atoms with Crippen LogP contribution < -0.4 is 0 Å². The number of imidazole rings is 1. The van der Waals surface area contributed by atoms with E-state index in [1.807, 2.05) is 18.2 Å². The van der Waals surface area contributed by atoms with Gasteiger partial charge in [0.25, 0.3) is 0 Å². The quantitative estimate of drug-likeness (QED) is 0.740. The molecule has 0 saturated carbocycles. The first-order chi connectivity index (χ1) is 10.3. The standard InChI is InChI=1S/C15H15N5S/c1-3-7-20-13-6-5-10(9-16)8-12(13)17-15(20)14-11(4-2)18-19-21-14/h5-6,8H,3-4,7H2,1-2H3. The van der Waals surface area contributed by atoms with Gasteiger partial charge in [-0.05, 0) is 42.6 Å². The van der Waals surface area contributed by atoms with Gasteiger partial charge in [-0.2, -0.15) is 5.26 Å². The summed E-state index contributed by atoms with van der Waals surface area (Å²) in [6, 6.07) is 7.82. The van der Waals surface area contributed by atoms with Crippen molar-refractivity contribution in [1.82, 2.24) is 19.1 Å². The van der Waals surface area contributed by atoms with E-state index in [4.69, 9.17) is 10.2 Å². The molecule has 1 aromatic carbocycles. The number of rotatable bonds is 4. The second-order valence-electron chi connectivity index (χ2n) is 4.80. The molecule has 0 aliphatic carbocycles. The van der Waals surface area contributed by atoms with Gasteiger partial charge < -0.3 is 4.57 Å². The fourth-order valence-corrected chi connectivity index (χ4v) is 3.18. The molecule has 3 aromatic rings. The predicted octanol–water partition coefficient (Wildman–Crippen LogP) is 3.40. The van der Waals surface area contributed by atoms with E-state index in [9.17, 15) is 0 Å². The molecule has 0 spiro atoms. The van der Waals surface area contributed by atoms with E-state index < -0.39 is 0 Å². The molecule has 0 unspecified atom stereocenters. The van der Waals surface area contributed by atoms with Gasteiger partial charge in [-0.3, -0.25) is 0 Å². The second kappa shape index (κ2) is 5.62. The molecule has 0 radical (unpaired) electrons.